The first-order chi connectivity index (χ1) is 6.70. The van der Waals surface area contributed by atoms with E-state index in [1.807, 2.05) is 0 Å². The summed E-state index contributed by atoms with van der Waals surface area (Å²) in [4.78, 5) is 11.2. The molecule has 1 aliphatic carbocycles. The normalized spacial score (nSPS) is 38.6. The van der Waals surface area contributed by atoms with Gasteiger partial charge in [-0.2, -0.15) is 0 Å². The van der Waals surface area contributed by atoms with Crippen LogP contribution in [0.15, 0.2) is 0 Å². The molecule has 2 atom stereocenters. The first-order valence-electron chi connectivity index (χ1n) is 5.67. The number of amides is 1. The molecular weight excluding hydrogens is 178 g/mol. The SMILES string of the molecule is CC1CCCC2(CCNC(=O)O2)CC1. The minimum Gasteiger partial charge on any atom is -0.443 e. The summed E-state index contributed by atoms with van der Waals surface area (Å²) in [5, 5.41) is 2.72. The highest BCUT2D eigenvalue weighted by molar-refractivity contribution is 5.68. The lowest BCUT2D eigenvalue weighted by atomic mass is 9.89. The topological polar surface area (TPSA) is 38.3 Å². The largest absolute Gasteiger partial charge is 0.443 e. The molecule has 0 aromatic carbocycles. The summed E-state index contributed by atoms with van der Waals surface area (Å²) in [6.07, 6.45) is 6.58. The van der Waals surface area contributed by atoms with Gasteiger partial charge in [0.05, 0.1) is 0 Å². The predicted octanol–water partition coefficient (Wildman–Crippen LogP) is 2.46. The maximum absolute atomic E-state index is 11.2. The molecule has 3 heteroatoms. The van der Waals surface area contributed by atoms with Crippen LogP contribution >= 0.6 is 0 Å². The Morgan fingerprint density at radius 1 is 1.36 bits per heavy atom. The summed E-state index contributed by atoms with van der Waals surface area (Å²) in [6.45, 7) is 3.08. The minimum absolute atomic E-state index is 0.118. The molecule has 0 aromatic rings. The molecule has 1 amide bonds. The molecule has 1 heterocycles. The highest BCUT2D eigenvalue weighted by Gasteiger charge is 2.38. The van der Waals surface area contributed by atoms with Crippen LogP contribution in [-0.4, -0.2) is 18.2 Å². The lowest BCUT2D eigenvalue weighted by Crippen LogP contribution is -2.47. The average molecular weight is 197 g/mol. The van der Waals surface area contributed by atoms with Crippen LogP contribution in [0.4, 0.5) is 4.79 Å². The van der Waals surface area contributed by atoms with Crippen LogP contribution < -0.4 is 5.32 Å². The van der Waals surface area contributed by atoms with Crippen LogP contribution in [0, 0.1) is 5.92 Å². The van der Waals surface area contributed by atoms with Crippen molar-refractivity contribution in [3.63, 3.8) is 0 Å². The number of carbonyl (C=O) groups is 1. The molecular formula is C11H19NO2. The second-order valence-electron chi connectivity index (χ2n) is 4.79. The highest BCUT2D eigenvalue weighted by atomic mass is 16.6. The zero-order valence-electron chi connectivity index (χ0n) is 8.84. The van der Waals surface area contributed by atoms with Crippen LogP contribution in [0.1, 0.15) is 45.4 Å². The molecule has 2 aliphatic rings. The van der Waals surface area contributed by atoms with E-state index in [1.165, 1.54) is 19.3 Å². The lowest BCUT2D eigenvalue weighted by molar-refractivity contribution is -0.0241. The van der Waals surface area contributed by atoms with E-state index in [0.717, 1.165) is 31.7 Å². The molecule has 0 radical (unpaired) electrons. The van der Waals surface area contributed by atoms with Gasteiger partial charge in [0.25, 0.3) is 0 Å². The molecule has 1 saturated heterocycles. The van der Waals surface area contributed by atoms with Crippen molar-refractivity contribution >= 4 is 6.09 Å². The van der Waals surface area contributed by atoms with Gasteiger partial charge in [0.2, 0.25) is 0 Å². The Hall–Kier alpha value is -0.730. The summed E-state index contributed by atoms with van der Waals surface area (Å²) in [5.74, 6) is 0.794. The smallest absolute Gasteiger partial charge is 0.407 e. The lowest BCUT2D eigenvalue weighted by Gasteiger charge is -2.36. The highest BCUT2D eigenvalue weighted by Crippen LogP contribution is 2.36. The van der Waals surface area contributed by atoms with Crippen molar-refractivity contribution < 1.29 is 9.53 Å². The van der Waals surface area contributed by atoms with E-state index < -0.39 is 0 Å². The van der Waals surface area contributed by atoms with Crippen LogP contribution in [-0.2, 0) is 4.74 Å². The van der Waals surface area contributed by atoms with Gasteiger partial charge in [-0.15, -0.1) is 0 Å². The Balaban J connectivity index is 2.02. The fraction of sp³-hybridized carbons (Fsp3) is 0.909. The van der Waals surface area contributed by atoms with Gasteiger partial charge in [0.1, 0.15) is 5.60 Å². The Morgan fingerprint density at radius 3 is 3.00 bits per heavy atom. The summed E-state index contributed by atoms with van der Waals surface area (Å²) in [6, 6.07) is 0. The minimum atomic E-state index is -0.217. The fourth-order valence-corrected chi connectivity index (χ4v) is 2.58. The Labute approximate surface area is 85.2 Å². The zero-order chi connectivity index (χ0) is 10.0. The first kappa shape index (κ1) is 9.81. The van der Waals surface area contributed by atoms with Gasteiger partial charge in [-0.05, 0) is 31.6 Å². The van der Waals surface area contributed by atoms with Gasteiger partial charge in [0.15, 0.2) is 0 Å². The average Bonchev–Trinajstić information content (AvgIpc) is 2.30. The van der Waals surface area contributed by atoms with E-state index in [0.29, 0.717) is 0 Å². The van der Waals surface area contributed by atoms with Gasteiger partial charge in [0, 0.05) is 13.0 Å². The third kappa shape index (κ3) is 2.02. The number of nitrogens with one attached hydrogen (secondary N) is 1. The molecule has 14 heavy (non-hydrogen) atoms. The van der Waals surface area contributed by atoms with Crippen molar-refractivity contribution in [1.29, 1.82) is 0 Å². The van der Waals surface area contributed by atoms with Crippen LogP contribution in [0.25, 0.3) is 0 Å². The second-order valence-corrected chi connectivity index (χ2v) is 4.79. The van der Waals surface area contributed by atoms with Crippen molar-refractivity contribution in [3.8, 4) is 0 Å². The zero-order valence-corrected chi connectivity index (χ0v) is 8.84. The van der Waals surface area contributed by atoms with E-state index >= 15 is 0 Å². The molecule has 2 rings (SSSR count). The molecule has 1 aliphatic heterocycles. The molecule has 80 valence electrons. The van der Waals surface area contributed by atoms with Crippen LogP contribution in [0.3, 0.4) is 0 Å². The Kier molecular flexibility index (Phi) is 2.66. The summed E-state index contributed by atoms with van der Waals surface area (Å²) < 4.78 is 5.49. The molecule has 1 N–H and O–H groups in total. The second kappa shape index (κ2) is 3.79. The maximum Gasteiger partial charge on any atom is 0.407 e. The van der Waals surface area contributed by atoms with Crippen molar-refractivity contribution in [1.82, 2.24) is 5.32 Å². The van der Waals surface area contributed by atoms with Crippen molar-refractivity contribution in [2.75, 3.05) is 6.54 Å². The van der Waals surface area contributed by atoms with Crippen molar-refractivity contribution in [3.05, 3.63) is 0 Å². The number of ether oxygens (including phenoxy) is 1. The molecule has 0 aromatic heterocycles. The van der Waals surface area contributed by atoms with Gasteiger partial charge in [-0.1, -0.05) is 13.3 Å². The van der Waals surface area contributed by atoms with Crippen molar-refractivity contribution in [2.24, 2.45) is 5.92 Å². The number of carbonyl (C=O) groups excluding carboxylic acids is 1. The van der Waals surface area contributed by atoms with Gasteiger partial charge >= 0.3 is 6.09 Å². The monoisotopic (exact) mass is 197 g/mol. The number of rotatable bonds is 0. The predicted molar refractivity (Wildman–Crippen MR) is 54.1 cm³/mol. The quantitative estimate of drug-likeness (QED) is 0.647. The third-order valence-electron chi connectivity index (χ3n) is 3.58. The van der Waals surface area contributed by atoms with Gasteiger partial charge in [-0.25, -0.2) is 4.79 Å². The molecule has 3 nitrogen and oxygen atoms in total. The Morgan fingerprint density at radius 2 is 2.21 bits per heavy atom. The number of alkyl carbamates (subject to hydrolysis) is 1. The van der Waals surface area contributed by atoms with Crippen LogP contribution in [0.2, 0.25) is 0 Å². The van der Waals surface area contributed by atoms with Crippen molar-refractivity contribution in [2.45, 2.75) is 51.0 Å². The Bertz CT molecular complexity index is 229. The standard InChI is InChI=1S/C11H19NO2/c1-9-3-2-5-11(6-4-9)7-8-12-10(13)14-11/h9H,2-8H2,1H3,(H,12,13). The van der Waals surface area contributed by atoms with E-state index in [4.69, 9.17) is 4.74 Å². The third-order valence-corrected chi connectivity index (χ3v) is 3.58. The van der Waals surface area contributed by atoms with E-state index in [1.54, 1.807) is 0 Å². The van der Waals surface area contributed by atoms with Gasteiger partial charge < -0.3 is 10.1 Å². The van der Waals surface area contributed by atoms with Crippen LogP contribution in [0.5, 0.6) is 0 Å². The van der Waals surface area contributed by atoms with E-state index in [9.17, 15) is 4.79 Å². The van der Waals surface area contributed by atoms with E-state index in [2.05, 4.69) is 12.2 Å². The molecule has 0 bridgehead atoms. The number of hydrogen-bond acceptors (Lipinski definition) is 2. The molecule has 1 saturated carbocycles. The molecule has 2 fully saturated rings. The molecule has 2 unspecified atom stereocenters. The van der Waals surface area contributed by atoms with Gasteiger partial charge in [-0.3, -0.25) is 0 Å². The summed E-state index contributed by atoms with van der Waals surface area (Å²) >= 11 is 0. The fourth-order valence-electron chi connectivity index (χ4n) is 2.58. The number of hydrogen-bond donors (Lipinski definition) is 1. The maximum atomic E-state index is 11.2. The molecule has 1 spiro atoms. The first-order valence-corrected chi connectivity index (χ1v) is 5.67. The summed E-state index contributed by atoms with van der Waals surface area (Å²) in [5.41, 5.74) is -0.118. The summed E-state index contributed by atoms with van der Waals surface area (Å²) in [7, 11) is 0. The van der Waals surface area contributed by atoms with E-state index in [-0.39, 0.29) is 11.7 Å².